The van der Waals surface area contributed by atoms with Gasteiger partial charge in [0.05, 0.1) is 0 Å². The van der Waals surface area contributed by atoms with E-state index in [0.717, 1.165) is 16.8 Å². The number of allylic oxidation sites excluding steroid dienone is 1. The molecule has 0 saturated carbocycles. The van der Waals surface area contributed by atoms with Crippen LogP contribution in [0.15, 0.2) is 66.7 Å². The minimum absolute atomic E-state index is 0.121. The van der Waals surface area contributed by atoms with Crippen molar-refractivity contribution in [3.05, 3.63) is 77.8 Å². The zero-order valence-corrected chi connectivity index (χ0v) is 10.8. The fourth-order valence-corrected chi connectivity index (χ4v) is 2.85. The molecule has 2 heterocycles. The number of aromatic amines is 1. The summed E-state index contributed by atoms with van der Waals surface area (Å²) in [4.78, 5) is 3.32. The lowest BCUT2D eigenvalue weighted by Crippen LogP contribution is -2.15. The summed E-state index contributed by atoms with van der Waals surface area (Å²) in [5, 5.41) is 1.22. The first-order valence-electron chi connectivity index (χ1n) is 6.63. The predicted octanol–water partition coefficient (Wildman–Crippen LogP) is 3.49. The van der Waals surface area contributed by atoms with Gasteiger partial charge in [-0.3, -0.25) is 0 Å². The van der Waals surface area contributed by atoms with Crippen LogP contribution in [0.5, 0.6) is 5.75 Å². The number of nitrogens with two attached hydrogens (primary N) is 1. The van der Waals surface area contributed by atoms with Crippen LogP contribution in [0.4, 0.5) is 0 Å². The van der Waals surface area contributed by atoms with E-state index in [4.69, 9.17) is 10.5 Å². The zero-order chi connectivity index (χ0) is 13.5. The minimum atomic E-state index is 0.121. The predicted molar refractivity (Wildman–Crippen MR) is 79.5 cm³/mol. The van der Waals surface area contributed by atoms with E-state index in [1.54, 1.807) is 0 Å². The molecule has 3 nitrogen and oxygen atoms in total. The summed E-state index contributed by atoms with van der Waals surface area (Å²) in [7, 11) is 0. The molecule has 20 heavy (non-hydrogen) atoms. The fraction of sp³-hybridized carbons (Fsp3) is 0.0588. The van der Waals surface area contributed by atoms with Crippen LogP contribution >= 0.6 is 0 Å². The molecule has 2 aromatic carbocycles. The maximum atomic E-state index is 5.92. The third-order valence-corrected chi connectivity index (χ3v) is 3.77. The summed E-state index contributed by atoms with van der Waals surface area (Å²) in [6.45, 7) is 0. The highest BCUT2D eigenvalue weighted by atomic mass is 16.5. The molecule has 0 fully saturated rings. The molecule has 1 atom stereocenters. The summed E-state index contributed by atoms with van der Waals surface area (Å²) >= 11 is 0. The van der Waals surface area contributed by atoms with Gasteiger partial charge in [0.25, 0.3) is 0 Å². The molecule has 0 radical (unpaired) electrons. The van der Waals surface area contributed by atoms with E-state index >= 15 is 0 Å². The number of benzene rings is 2. The fourth-order valence-electron chi connectivity index (χ4n) is 2.85. The van der Waals surface area contributed by atoms with Crippen molar-refractivity contribution in [1.82, 2.24) is 4.98 Å². The number of rotatable bonds is 1. The summed E-state index contributed by atoms with van der Waals surface area (Å²) in [6, 6.07) is 16.3. The van der Waals surface area contributed by atoms with Gasteiger partial charge in [0, 0.05) is 28.6 Å². The molecular weight excluding hydrogens is 248 g/mol. The highest BCUT2D eigenvalue weighted by Crippen LogP contribution is 2.39. The zero-order valence-electron chi connectivity index (χ0n) is 10.8. The lowest BCUT2D eigenvalue weighted by Gasteiger charge is -2.22. The molecule has 0 saturated heterocycles. The van der Waals surface area contributed by atoms with Crippen molar-refractivity contribution < 1.29 is 4.74 Å². The van der Waals surface area contributed by atoms with Gasteiger partial charge in [-0.25, -0.2) is 0 Å². The van der Waals surface area contributed by atoms with Crippen molar-refractivity contribution in [1.29, 1.82) is 0 Å². The van der Waals surface area contributed by atoms with Gasteiger partial charge in [-0.15, -0.1) is 0 Å². The minimum Gasteiger partial charge on any atom is -0.442 e. The Kier molecular flexibility index (Phi) is 2.33. The van der Waals surface area contributed by atoms with Crippen LogP contribution in [0.3, 0.4) is 0 Å². The Morgan fingerprint density at radius 3 is 2.70 bits per heavy atom. The van der Waals surface area contributed by atoms with E-state index in [2.05, 4.69) is 35.4 Å². The molecule has 3 aromatic rings. The van der Waals surface area contributed by atoms with Crippen LogP contribution < -0.4 is 10.5 Å². The SMILES string of the molecule is NC1=CC(c2c[nH]c3ccccc23)c2ccccc2O1. The van der Waals surface area contributed by atoms with Gasteiger partial charge in [-0.05, 0) is 23.8 Å². The Balaban J connectivity index is 1.95. The van der Waals surface area contributed by atoms with Gasteiger partial charge in [0.15, 0.2) is 5.88 Å². The van der Waals surface area contributed by atoms with Gasteiger partial charge in [0.1, 0.15) is 5.75 Å². The van der Waals surface area contributed by atoms with Crippen LogP contribution in [0.25, 0.3) is 10.9 Å². The van der Waals surface area contributed by atoms with Crippen molar-refractivity contribution in [3.8, 4) is 5.75 Å². The van der Waals surface area contributed by atoms with Crippen molar-refractivity contribution in [3.63, 3.8) is 0 Å². The number of H-pyrrole nitrogens is 1. The number of nitrogens with one attached hydrogen (secondary N) is 1. The molecule has 98 valence electrons. The van der Waals surface area contributed by atoms with Gasteiger partial charge < -0.3 is 15.5 Å². The normalized spacial score (nSPS) is 17.4. The van der Waals surface area contributed by atoms with Crippen LogP contribution in [0.2, 0.25) is 0 Å². The average molecular weight is 262 g/mol. The molecule has 3 N–H and O–H groups in total. The molecule has 0 amide bonds. The molecule has 1 aromatic heterocycles. The third-order valence-electron chi connectivity index (χ3n) is 3.77. The van der Waals surface area contributed by atoms with Crippen LogP contribution in [0, 0.1) is 0 Å². The van der Waals surface area contributed by atoms with E-state index in [0.29, 0.717) is 5.88 Å². The first-order valence-corrected chi connectivity index (χ1v) is 6.63. The quantitative estimate of drug-likeness (QED) is 0.705. The summed E-state index contributed by atoms with van der Waals surface area (Å²) < 4.78 is 5.60. The number of hydrogen-bond acceptors (Lipinski definition) is 2. The van der Waals surface area contributed by atoms with E-state index in [1.165, 1.54) is 10.9 Å². The van der Waals surface area contributed by atoms with E-state index in [1.807, 2.05) is 30.3 Å². The Labute approximate surface area is 116 Å². The number of hydrogen-bond donors (Lipinski definition) is 2. The number of ether oxygens (including phenoxy) is 1. The standard InChI is InChI=1S/C17H14N2O/c18-17-9-13(12-6-2-4-8-16(12)20-17)14-10-19-15-7-3-1-5-11(14)15/h1-10,13,19H,18H2. The van der Waals surface area contributed by atoms with Crippen molar-refractivity contribution in [2.24, 2.45) is 5.73 Å². The molecule has 1 unspecified atom stereocenters. The second-order valence-electron chi connectivity index (χ2n) is 4.98. The second-order valence-corrected chi connectivity index (χ2v) is 4.98. The highest BCUT2D eigenvalue weighted by Gasteiger charge is 2.23. The van der Waals surface area contributed by atoms with Crippen LogP contribution in [-0.2, 0) is 0 Å². The highest BCUT2D eigenvalue weighted by molar-refractivity contribution is 5.84. The van der Waals surface area contributed by atoms with Crippen molar-refractivity contribution in [2.75, 3.05) is 0 Å². The van der Waals surface area contributed by atoms with E-state index in [-0.39, 0.29) is 5.92 Å². The van der Waals surface area contributed by atoms with Gasteiger partial charge in [0.2, 0.25) is 0 Å². The van der Waals surface area contributed by atoms with Crippen molar-refractivity contribution >= 4 is 10.9 Å². The van der Waals surface area contributed by atoms with Gasteiger partial charge >= 0.3 is 0 Å². The molecule has 4 rings (SSSR count). The molecular formula is C17H14N2O. The Bertz CT molecular complexity index is 816. The first kappa shape index (κ1) is 11.2. The van der Waals surface area contributed by atoms with Gasteiger partial charge in [-0.1, -0.05) is 36.4 Å². The Hall–Kier alpha value is -2.68. The maximum absolute atomic E-state index is 5.92. The first-order chi connectivity index (χ1) is 9.83. The van der Waals surface area contributed by atoms with Crippen LogP contribution in [0.1, 0.15) is 17.0 Å². The summed E-state index contributed by atoms with van der Waals surface area (Å²) in [5.74, 6) is 1.41. The maximum Gasteiger partial charge on any atom is 0.187 e. The third kappa shape index (κ3) is 1.60. The van der Waals surface area contributed by atoms with Crippen molar-refractivity contribution in [2.45, 2.75) is 5.92 Å². The topological polar surface area (TPSA) is 51.0 Å². The summed E-state index contributed by atoms with van der Waals surface area (Å²) in [6.07, 6.45) is 4.03. The summed E-state index contributed by atoms with van der Waals surface area (Å²) in [5.41, 5.74) is 9.42. The number of fused-ring (bicyclic) bond motifs is 2. The molecule has 3 heteroatoms. The van der Waals surface area contributed by atoms with E-state index < -0.39 is 0 Å². The smallest absolute Gasteiger partial charge is 0.187 e. The monoisotopic (exact) mass is 262 g/mol. The molecule has 0 aliphatic carbocycles. The molecule has 1 aliphatic rings. The lowest BCUT2D eigenvalue weighted by atomic mass is 9.89. The Morgan fingerprint density at radius 2 is 1.75 bits per heavy atom. The second kappa shape index (κ2) is 4.17. The largest absolute Gasteiger partial charge is 0.442 e. The van der Waals surface area contributed by atoms with Gasteiger partial charge in [-0.2, -0.15) is 0 Å². The average Bonchev–Trinajstić information content (AvgIpc) is 2.90. The van der Waals surface area contributed by atoms with Crippen LogP contribution in [-0.4, -0.2) is 4.98 Å². The molecule has 0 bridgehead atoms. The Morgan fingerprint density at radius 1 is 0.950 bits per heavy atom. The van der Waals surface area contributed by atoms with E-state index in [9.17, 15) is 0 Å². The number of aromatic nitrogens is 1. The molecule has 0 spiro atoms. The lowest BCUT2D eigenvalue weighted by molar-refractivity contribution is 0.399. The number of para-hydroxylation sites is 2. The molecule has 1 aliphatic heterocycles.